The van der Waals surface area contributed by atoms with E-state index in [1.165, 1.54) is 13.2 Å². The lowest BCUT2D eigenvalue weighted by Crippen LogP contribution is -2.28. The summed E-state index contributed by atoms with van der Waals surface area (Å²) in [6, 6.07) is 0. The molecule has 0 unspecified atom stereocenters. The number of carbonyl (C=O) groups is 1. The third-order valence-corrected chi connectivity index (χ3v) is 3.18. The molecule has 1 aliphatic carbocycles. The smallest absolute Gasteiger partial charge is 0.341 e. The fraction of sp³-hybridized carbons (Fsp3) is 0.545. The number of carboxylic acids is 1. The molecule has 0 radical (unpaired) electrons. The summed E-state index contributed by atoms with van der Waals surface area (Å²) in [5.74, 6) is -0.961. The molecule has 0 saturated heterocycles. The van der Waals surface area contributed by atoms with E-state index in [0.717, 1.165) is 30.4 Å². The van der Waals surface area contributed by atoms with E-state index in [1.54, 1.807) is 0 Å². The van der Waals surface area contributed by atoms with Gasteiger partial charge in [-0.25, -0.2) is 9.48 Å². The molecule has 0 spiro atoms. The summed E-state index contributed by atoms with van der Waals surface area (Å²) in [4.78, 5) is 22.8. The van der Waals surface area contributed by atoms with Crippen molar-refractivity contribution in [3.8, 4) is 0 Å². The van der Waals surface area contributed by atoms with Gasteiger partial charge in [0.1, 0.15) is 5.56 Å². The molecule has 5 heteroatoms. The van der Waals surface area contributed by atoms with Crippen LogP contribution in [0.3, 0.4) is 0 Å². The number of aromatic nitrogens is 2. The Morgan fingerprint density at radius 1 is 1.50 bits per heavy atom. The van der Waals surface area contributed by atoms with Crippen molar-refractivity contribution in [2.24, 2.45) is 7.05 Å². The normalized spacial score (nSPS) is 16.6. The minimum absolute atomic E-state index is 0.107. The molecule has 0 bridgehead atoms. The van der Waals surface area contributed by atoms with Crippen molar-refractivity contribution < 1.29 is 9.90 Å². The number of aromatic carboxylic acids is 1. The van der Waals surface area contributed by atoms with E-state index in [4.69, 9.17) is 5.11 Å². The summed E-state index contributed by atoms with van der Waals surface area (Å²) in [6.45, 7) is 0. The van der Waals surface area contributed by atoms with Crippen molar-refractivity contribution in [3.05, 3.63) is 27.7 Å². The van der Waals surface area contributed by atoms with E-state index >= 15 is 0 Å². The van der Waals surface area contributed by atoms with E-state index in [0.29, 0.717) is 5.56 Å². The van der Waals surface area contributed by atoms with Crippen molar-refractivity contribution in [2.75, 3.05) is 0 Å². The topological polar surface area (TPSA) is 72.2 Å². The molecule has 0 aliphatic heterocycles. The van der Waals surface area contributed by atoms with Crippen molar-refractivity contribution in [2.45, 2.75) is 31.6 Å². The second-order valence-electron chi connectivity index (χ2n) is 4.19. The Morgan fingerprint density at radius 2 is 2.12 bits per heavy atom. The van der Waals surface area contributed by atoms with Gasteiger partial charge in [-0.15, -0.1) is 0 Å². The van der Waals surface area contributed by atoms with E-state index in [1.807, 2.05) is 0 Å². The first-order chi connectivity index (χ1) is 7.61. The van der Waals surface area contributed by atoms with Crippen LogP contribution in [0.5, 0.6) is 0 Å². The minimum atomic E-state index is -1.15. The molecular weight excluding hydrogens is 208 g/mol. The number of hydrogen-bond donors (Lipinski definition) is 1. The molecule has 0 amide bonds. The Balaban J connectivity index is 2.56. The first-order valence-corrected chi connectivity index (χ1v) is 5.40. The number of rotatable bonds is 2. The second kappa shape index (κ2) is 4.08. The van der Waals surface area contributed by atoms with Crippen LogP contribution in [0, 0.1) is 0 Å². The van der Waals surface area contributed by atoms with Gasteiger partial charge in [-0.05, 0) is 24.3 Å². The van der Waals surface area contributed by atoms with Crippen molar-refractivity contribution in [1.29, 1.82) is 0 Å². The van der Waals surface area contributed by atoms with Crippen LogP contribution in [0.15, 0.2) is 11.0 Å². The lowest BCUT2D eigenvalue weighted by Gasteiger charge is -2.12. The fourth-order valence-corrected chi connectivity index (χ4v) is 2.31. The van der Waals surface area contributed by atoms with Crippen LogP contribution in [0.1, 0.15) is 47.5 Å². The Hall–Kier alpha value is -1.65. The van der Waals surface area contributed by atoms with Crippen LogP contribution in [0.2, 0.25) is 0 Å². The Morgan fingerprint density at radius 3 is 2.69 bits per heavy atom. The standard InChI is InChI=1S/C11H14N2O3/c1-13-10(14)9(11(15)16)8(6-12-13)7-4-2-3-5-7/h6-7H,2-5H2,1H3,(H,15,16). The molecule has 86 valence electrons. The zero-order valence-corrected chi connectivity index (χ0v) is 9.14. The monoisotopic (exact) mass is 222 g/mol. The Labute approximate surface area is 92.7 Å². The van der Waals surface area contributed by atoms with Gasteiger partial charge >= 0.3 is 5.97 Å². The van der Waals surface area contributed by atoms with Crippen molar-refractivity contribution >= 4 is 5.97 Å². The van der Waals surface area contributed by atoms with E-state index < -0.39 is 11.5 Å². The highest BCUT2D eigenvalue weighted by Crippen LogP contribution is 2.34. The average molecular weight is 222 g/mol. The third-order valence-electron chi connectivity index (χ3n) is 3.18. The molecular formula is C11H14N2O3. The van der Waals surface area contributed by atoms with Gasteiger partial charge in [0.15, 0.2) is 0 Å². The average Bonchev–Trinajstić information content (AvgIpc) is 2.74. The summed E-state index contributed by atoms with van der Waals surface area (Å²) in [7, 11) is 1.47. The zero-order valence-electron chi connectivity index (χ0n) is 9.14. The molecule has 1 aromatic rings. The molecule has 1 fully saturated rings. The molecule has 1 aliphatic rings. The van der Waals surface area contributed by atoms with Gasteiger partial charge in [-0.1, -0.05) is 12.8 Å². The van der Waals surface area contributed by atoms with E-state index in [-0.39, 0.29) is 11.5 Å². The number of carboxylic acid groups (broad SMARTS) is 1. The highest BCUT2D eigenvalue weighted by Gasteiger charge is 2.25. The van der Waals surface area contributed by atoms with Gasteiger partial charge in [-0.3, -0.25) is 4.79 Å². The van der Waals surface area contributed by atoms with Gasteiger partial charge < -0.3 is 5.11 Å². The lowest BCUT2D eigenvalue weighted by atomic mass is 9.95. The summed E-state index contributed by atoms with van der Waals surface area (Å²) in [6.07, 6.45) is 5.63. The minimum Gasteiger partial charge on any atom is -0.477 e. The van der Waals surface area contributed by atoms with Crippen LogP contribution in [0.25, 0.3) is 0 Å². The second-order valence-corrected chi connectivity index (χ2v) is 4.19. The lowest BCUT2D eigenvalue weighted by molar-refractivity contribution is 0.0692. The number of aryl methyl sites for hydroxylation is 1. The zero-order chi connectivity index (χ0) is 11.7. The van der Waals surface area contributed by atoms with Gasteiger partial charge in [0.2, 0.25) is 0 Å². The predicted octanol–water partition coefficient (Wildman–Crippen LogP) is 1.14. The Kier molecular flexibility index (Phi) is 2.77. The third kappa shape index (κ3) is 1.73. The van der Waals surface area contributed by atoms with Crippen molar-refractivity contribution in [3.63, 3.8) is 0 Å². The molecule has 1 N–H and O–H groups in total. The molecule has 5 nitrogen and oxygen atoms in total. The van der Waals surface area contributed by atoms with Crippen LogP contribution < -0.4 is 5.56 Å². The summed E-state index contributed by atoms with van der Waals surface area (Å²) >= 11 is 0. The van der Waals surface area contributed by atoms with Crippen LogP contribution >= 0.6 is 0 Å². The van der Waals surface area contributed by atoms with E-state index in [2.05, 4.69) is 5.10 Å². The predicted molar refractivity (Wildman–Crippen MR) is 57.6 cm³/mol. The fourth-order valence-electron chi connectivity index (χ4n) is 2.31. The first kappa shape index (κ1) is 10.9. The maximum Gasteiger partial charge on any atom is 0.341 e. The molecule has 1 saturated carbocycles. The Bertz CT molecular complexity index is 473. The molecule has 16 heavy (non-hydrogen) atoms. The SMILES string of the molecule is Cn1ncc(C2CCCC2)c(C(=O)O)c1=O. The quantitative estimate of drug-likeness (QED) is 0.814. The molecule has 1 heterocycles. The van der Waals surface area contributed by atoms with Crippen molar-refractivity contribution in [1.82, 2.24) is 9.78 Å². The van der Waals surface area contributed by atoms with Gasteiger partial charge in [0, 0.05) is 7.05 Å². The maximum atomic E-state index is 11.7. The van der Waals surface area contributed by atoms with Gasteiger partial charge in [0.25, 0.3) is 5.56 Å². The largest absolute Gasteiger partial charge is 0.477 e. The summed E-state index contributed by atoms with van der Waals surface area (Å²) < 4.78 is 1.07. The molecule has 0 atom stereocenters. The van der Waals surface area contributed by atoms with Crippen LogP contribution in [-0.2, 0) is 7.05 Å². The summed E-state index contributed by atoms with van der Waals surface area (Å²) in [5, 5.41) is 13.0. The highest BCUT2D eigenvalue weighted by molar-refractivity contribution is 5.89. The van der Waals surface area contributed by atoms with Crippen LogP contribution in [-0.4, -0.2) is 20.9 Å². The molecule has 2 rings (SSSR count). The molecule has 0 aromatic carbocycles. The highest BCUT2D eigenvalue weighted by atomic mass is 16.4. The number of hydrogen-bond acceptors (Lipinski definition) is 3. The summed E-state index contributed by atoms with van der Waals surface area (Å²) in [5.41, 5.74) is -0.0191. The van der Waals surface area contributed by atoms with Crippen LogP contribution in [0.4, 0.5) is 0 Å². The van der Waals surface area contributed by atoms with Gasteiger partial charge in [-0.2, -0.15) is 5.10 Å². The van der Waals surface area contributed by atoms with E-state index in [9.17, 15) is 9.59 Å². The first-order valence-electron chi connectivity index (χ1n) is 5.40. The maximum absolute atomic E-state index is 11.7. The van der Waals surface area contributed by atoms with Gasteiger partial charge in [0.05, 0.1) is 6.20 Å². The molecule has 1 aromatic heterocycles. The number of nitrogens with zero attached hydrogens (tertiary/aromatic N) is 2.